The summed E-state index contributed by atoms with van der Waals surface area (Å²) < 4.78 is 15.9. The second-order valence-electron chi connectivity index (χ2n) is 3.40. The Morgan fingerprint density at radius 1 is 1.25 bits per heavy atom. The molecule has 0 aliphatic heterocycles. The van der Waals surface area contributed by atoms with Gasteiger partial charge in [0.05, 0.1) is 23.0 Å². The number of nitrogens with one attached hydrogen (secondary N) is 2. The first-order valence-electron chi connectivity index (χ1n) is 4.64. The SMILES string of the molecule is Fc1cc2[nH]c(=S)[nH]c2cc1-n1ccnc1. The van der Waals surface area contributed by atoms with E-state index < -0.39 is 0 Å². The first kappa shape index (κ1) is 9.29. The first-order chi connectivity index (χ1) is 7.74. The molecule has 0 radical (unpaired) electrons. The summed E-state index contributed by atoms with van der Waals surface area (Å²) in [5.74, 6) is -0.323. The molecule has 4 nitrogen and oxygen atoms in total. The van der Waals surface area contributed by atoms with Crippen LogP contribution in [0.4, 0.5) is 4.39 Å². The number of benzene rings is 1. The fourth-order valence-corrected chi connectivity index (χ4v) is 1.86. The van der Waals surface area contributed by atoms with Crippen LogP contribution in [0.2, 0.25) is 0 Å². The van der Waals surface area contributed by atoms with Gasteiger partial charge in [-0.05, 0) is 18.3 Å². The Morgan fingerprint density at radius 2 is 2.00 bits per heavy atom. The Labute approximate surface area is 94.8 Å². The molecule has 3 aromatic rings. The van der Waals surface area contributed by atoms with E-state index >= 15 is 0 Å². The molecule has 80 valence electrons. The maximum absolute atomic E-state index is 13.8. The molecule has 0 atom stereocenters. The summed E-state index contributed by atoms with van der Waals surface area (Å²) in [7, 11) is 0. The van der Waals surface area contributed by atoms with Crippen molar-refractivity contribution in [2.24, 2.45) is 0 Å². The zero-order valence-electron chi connectivity index (χ0n) is 8.07. The highest BCUT2D eigenvalue weighted by Gasteiger charge is 2.07. The molecule has 2 aromatic heterocycles. The van der Waals surface area contributed by atoms with Gasteiger partial charge in [0.1, 0.15) is 5.82 Å². The summed E-state index contributed by atoms with van der Waals surface area (Å²) in [4.78, 5) is 9.70. The Morgan fingerprint density at radius 3 is 2.69 bits per heavy atom. The Balaban J connectivity index is 2.33. The maximum atomic E-state index is 13.8. The van der Waals surface area contributed by atoms with Crippen LogP contribution in [-0.2, 0) is 0 Å². The van der Waals surface area contributed by atoms with E-state index in [1.807, 2.05) is 0 Å². The topological polar surface area (TPSA) is 49.4 Å². The van der Waals surface area contributed by atoms with Gasteiger partial charge in [0.15, 0.2) is 4.77 Å². The number of aromatic nitrogens is 4. The lowest BCUT2D eigenvalue weighted by Crippen LogP contribution is -1.94. The van der Waals surface area contributed by atoms with Crippen LogP contribution in [0.1, 0.15) is 0 Å². The molecule has 0 spiro atoms. The fourth-order valence-electron chi connectivity index (χ4n) is 1.64. The molecular formula is C10H7FN4S. The number of aromatic amines is 2. The van der Waals surface area contributed by atoms with Crippen molar-refractivity contribution in [2.75, 3.05) is 0 Å². The van der Waals surface area contributed by atoms with Crippen LogP contribution in [0, 0.1) is 10.6 Å². The predicted molar refractivity (Wildman–Crippen MR) is 60.6 cm³/mol. The minimum Gasteiger partial charge on any atom is -0.331 e. The van der Waals surface area contributed by atoms with Crippen LogP contribution in [0.3, 0.4) is 0 Å². The maximum Gasteiger partial charge on any atom is 0.175 e. The summed E-state index contributed by atoms with van der Waals surface area (Å²) in [6.07, 6.45) is 4.83. The van der Waals surface area contributed by atoms with E-state index in [1.165, 1.54) is 6.07 Å². The number of halogens is 1. The summed E-state index contributed by atoms with van der Waals surface area (Å²) >= 11 is 4.95. The van der Waals surface area contributed by atoms with E-state index in [0.717, 1.165) is 5.52 Å². The number of hydrogen-bond donors (Lipinski definition) is 2. The largest absolute Gasteiger partial charge is 0.331 e. The monoisotopic (exact) mass is 234 g/mol. The number of imidazole rings is 2. The molecule has 0 saturated carbocycles. The van der Waals surface area contributed by atoms with Crippen molar-refractivity contribution in [3.63, 3.8) is 0 Å². The quantitative estimate of drug-likeness (QED) is 0.636. The van der Waals surface area contributed by atoms with Gasteiger partial charge in [-0.25, -0.2) is 9.37 Å². The molecule has 2 heterocycles. The molecule has 0 aliphatic rings. The van der Waals surface area contributed by atoms with Crippen LogP contribution >= 0.6 is 12.2 Å². The lowest BCUT2D eigenvalue weighted by molar-refractivity contribution is 0.620. The molecule has 0 amide bonds. The zero-order valence-corrected chi connectivity index (χ0v) is 8.88. The van der Waals surface area contributed by atoms with Crippen LogP contribution in [-0.4, -0.2) is 19.5 Å². The summed E-state index contributed by atoms with van der Waals surface area (Å²) in [6.45, 7) is 0. The minimum absolute atomic E-state index is 0.323. The third-order valence-electron chi connectivity index (χ3n) is 2.37. The summed E-state index contributed by atoms with van der Waals surface area (Å²) in [5.41, 5.74) is 1.87. The van der Waals surface area contributed by atoms with E-state index in [2.05, 4.69) is 15.0 Å². The minimum atomic E-state index is -0.323. The van der Waals surface area contributed by atoms with Gasteiger partial charge < -0.3 is 14.5 Å². The van der Waals surface area contributed by atoms with Crippen molar-refractivity contribution in [3.8, 4) is 5.69 Å². The average molecular weight is 234 g/mol. The van der Waals surface area contributed by atoms with Crippen molar-refractivity contribution in [3.05, 3.63) is 41.4 Å². The lowest BCUT2D eigenvalue weighted by Gasteiger charge is -2.03. The van der Waals surface area contributed by atoms with Gasteiger partial charge in [0, 0.05) is 18.5 Å². The van der Waals surface area contributed by atoms with E-state index in [9.17, 15) is 4.39 Å². The molecule has 0 bridgehead atoms. The lowest BCUT2D eigenvalue weighted by atomic mass is 10.2. The Hall–Kier alpha value is -1.95. The van der Waals surface area contributed by atoms with Crippen LogP contribution < -0.4 is 0 Å². The second-order valence-corrected chi connectivity index (χ2v) is 3.81. The smallest absolute Gasteiger partial charge is 0.175 e. The van der Waals surface area contributed by atoms with Crippen molar-refractivity contribution in [1.82, 2.24) is 19.5 Å². The van der Waals surface area contributed by atoms with Crippen molar-refractivity contribution >= 4 is 23.3 Å². The van der Waals surface area contributed by atoms with E-state index in [0.29, 0.717) is 16.0 Å². The molecule has 3 rings (SSSR count). The molecule has 16 heavy (non-hydrogen) atoms. The molecule has 0 aliphatic carbocycles. The average Bonchev–Trinajstić information content (AvgIpc) is 2.83. The normalized spacial score (nSPS) is 11.1. The third-order valence-corrected chi connectivity index (χ3v) is 2.57. The second kappa shape index (κ2) is 3.28. The number of rotatable bonds is 1. The predicted octanol–water partition coefficient (Wildman–Crippen LogP) is 2.55. The molecule has 2 N–H and O–H groups in total. The van der Waals surface area contributed by atoms with Gasteiger partial charge in [-0.2, -0.15) is 0 Å². The highest BCUT2D eigenvalue weighted by Crippen LogP contribution is 2.19. The highest BCUT2D eigenvalue weighted by atomic mass is 32.1. The summed E-state index contributed by atoms with van der Waals surface area (Å²) in [6, 6.07) is 3.11. The molecule has 0 fully saturated rings. The van der Waals surface area contributed by atoms with E-state index in [-0.39, 0.29) is 5.82 Å². The highest BCUT2D eigenvalue weighted by molar-refractivity contribution is 7.71. The van der Waals surface area contributed by atoms with Gasteiger partial charge in [-0.3, -0.25) is 0 Å². The molecule has 0 saturated heterocycles. The number of H-pyrrole nitrogens is 2. The van der Waals surface area contributed by atoms with Crippen LogP contribution in [0.25, 0.3) is 16.7 Å². The molecule has 6 heteroatoms. The third kappa shape index (κ3) is 1.35. The molecular weight excluding hydrogens is 227 g/mol. The Bertz CT molecular complexity index is 695. The van der Waals surface area contributed by atoms with E-state index in [1.54, 1.807) is 29.4 Å². The summed E-state index contributed by atoms with van der Waals surface area (Å²) in [5, 5.41) is 0. The standard InChI is InChI=1S/C10H7FN4S/c11-6-3-7-8(14-10(16)13-7)4-9(6)15-2-1-12-5-15/h1-5H,(H2,13,14,16). The zero-order chi connectivity index (χ0) is 11.1. The first-order valence-corrected chi connectivity index (χ1v) is 5.05. The van der Waals surface area contributed by atoms with E-state index in [4.69, 9.17) is 12.2 Å². The van der Waals surface area contributed by atoms with Gasteiger partial charge in [-0.15, -0.1) is 0 Å². The number of nitrogens with zero attached hydrogens (tertiary/aromatic N) is 2. The fraction of sp³-hybridized carbons (Fsp3) is 0. The van der Waals surface area contributed by atoms with Gasteiger partial charge >= 0.3 is 0 Å². The Kier molecular flexibility index (Phi) is 1.90. The number of fused-ring (bicyclic) bond motifs is 1. The number of hydrogen-bond acceptors (Lipinski definition) is 2. The van der Waals surface area contributed by atoms with Gasteiger partial charge in [-0.1, -0.05) is 0 Å². The van der Waals surface area contributed by atoms with Crippen molar-refractivity contribution in [1.29, 1.82) is 0 Å². The van der Waals surface area contributed by atoms with Gasteiger partial charge in [0.2, 0.25) is 0 Å². The molecule has 1 aromatic carbocycles. The van der Waals surface area contributed by atoms with Crippen LogP contribution in [0.5, 0.6) is 0 Å². The van der Waals surface area contributed by atoms with Gasteiger partial charge in [0.25, 0.3) is 0 Å². The van der Waals surface area contributed by atoms with Crippen LogP contribution in [0.15, 0.2) is 30.9 Å². The van der Waals surface area contributed by atoms with Crippen molar-refractivity contribution in [2.45, 2.75) is 0 Å². The molecule has 0 unspecified atom stereocenters. The van der Waals surface area contributed by atoms with Crippen molar-refractivity contribution < 1.29 is 4.39 Å².